The first-order chi connectivity index (χ1) is 13.8. The fourth-order valence-corrected chi connectivity index (χ4v) is 6.71. The molecule has 10 heteroatoms. The summed E-state index contributed by atoms with van der Waals surface area (Å²) in [5, 5.41) is 3.03. The SMILES string of the molecule is CCOC(=O)c1c(NC(=O)CN2CCCCCCC2=O)sc2c1CCS(=O)(=O)C2. The summed E-state index contributed by atoms with van der Waals surface area (Å²) >= 11 is 1.10. The van der Waals surface area contributed by atoms with Crippen molar-refractivity contribution in [3.05, 3.63) is 16.0 Å². The van der Waals surface area contributed by atoms with Gasteiger partial charge in [0.25, 0.3) is 0 Å². The van der Waals surface area contributed by atoms with Gasteiger partial charge in [0.05, 0.1) is 30.2 Å². The van der Waals surface area contributed by atoms with E-state index in [1.54, 1.807) is 11.8 Å². The molecule has 3 heterocycles. The molecule has 8 nitrogen and oxygen atoms in total. The Kier molecular flexibility index (Phi) is 6.94. The number of nitrogens with one attached hydrogen (secondary N) is 1. The third kappa shape index (κ3) is 5.36. The average Bonchev–Trinajstić information content (AvgIpc) is 2.97. The molecule has 29 heavy (non-hydrogen) atoms. The molecule has 0 unspecified atom stereocenters. The quantitative estimate of drug-likeness (QED) is 0.700. The van der Waals surface area contributed by atoms with Crippen molar-refractivity contribution >= 4 is 44.0 Å². The summed E-state index contributed by atoms with van der Waals surface area (Å²) in [5.74, 6) is -1.17. The van der Waals surface area contributed by atoms with Crippen LogP contribution >= 0.6 is 11.3 Å². The van der Waals surface area contributed by atoms with Crippen molar-refractivity contribution in [1.29, 1.82) is 0 Å². The van der Waals surface area contributed by atoms with Crippen molar-refractivity contribution in [2.45, 2.75) is 51.2 Å². The minimum Gasteiger partial charge on any atom is -0.462 e. The number of carbonyl (C=O) groups excluding carboxylic acids is 3. The van der Waals surface area contributed by atoms with Gasteiger partial charge in [-0.15, -0.1) is 11.3 Å². The molecule has 0 aliphatic carbocycles. The zero-order valence-corrected chi connectivity index (χ0v) is 18.1. The van der Waals surface area contributed by atoms with Gasteiger partial charge in [-0.3, -0.25) is 9.59 Å². The van der Waals surface area contributed by atoms with Crippen LogP contribution in [0.2, 0.25) is 0 Å². The van der Waals surface area contributed by atoms with E-state index in [-0.39, 0.29) is 42.5 Å². The Morgan fingerprint density at radius 2 is 1.93 bits per heavy atom. The standard InChI is InChI=1S/C19H26N2O6S2/c1-2-27-19(24)17-13-8-10-29(25,26)12-14(13)28-18(17)20-15(22)11-21-9-6-4-3-5-7-16(21)23/h2-12H2,1H3,(H,20,22). The number of nitrogens with zero attached hydrogens (tertiary/aromatic N) is 1. The minimum absolute atomic E-state index is 0.0290. The summed E-state index contributed by atoms with van der Waals surface area (Å²) in [6.45, 7) is 2.32. The first kappa shape index (κ1) is 21.8. The van der Waals surface area contributed by atoms with Gasteiger partial charge in [-0.2, -0.15) is 0 Å². The molecule has 2 aliphatic heterocycles. The Bertz CT molecular complexity index is 906. The fraction of sp³-hybridized carbons (Fsp3) is 0.632. The van der Waals surface area contributed by atoms with Gasteiger partial charge >= 0.3 is 5.97 Å². The van der Waals surface area contributed by atoms with E-state index in [2.05, 4.69) is 5.32 Å². The highest BCUT2D eigenvalue weighted by Gasteiger charge is 2.32. The lowest BCUT2D eigenvalue weighted by Gasteiger charge is -2.24. The number of thiophene rings is 1. The smallest absolute Gasteiger partial charge is 0.341 e. The number of amides is 2. The molecular weight excluding hydrogens is 416 g/mol. The van der Waals surface area contributed by atoms with Crippen LogP contribution in [0, 0.1) is 0 Å². The molecule has 1 N–H and O–H groups in total. The van der Waals surface area contributed by atoms with Crippen LogP contribution < -0.4 is 5.32 Å². The summed E-state index contributed by atoms with van der Waals surface area (Å²) in [6.07, 6.45) is 4.41. The lowest BCUT2D eigenvalue weighted by atomic mass is 10.1. The molecule has 1 aromatic rings. The molecule has 0 spiro atoms. The van der Waals surface area contributed by atoms with Crippen LogP contribution in [0.3, 0.4) is 0 Å². The van der Waals surface area contributed by atoms with Crippen LogP contribution in [-0.2, 0) is 36.3 Å². The summed E-state index contributed by atoms with van der Waals surface area (Å²) in [5.41, 5.74) is 0.884. The van der Waals surface area contributed by atoms with E-state index >= 15 is 0 Å². The average molecular weight is 443 g/mol. The van der Waals surface area contributed by atoms with Gasteiger partial charge in [0, 0.05) is 17.8 Å². The second-order valence-corrected chi connectivity index (χ2v) is 10.6. The van der Waals surface area contributed by atoms with Crippen LogP contribution in [0.25, 0.3) is 0 Å². The molecule has 160 valence electrons. The highest BCUT2D eigenvalue weighted by Crippen LogP contribution is 2.38. The number of sulfone groups is 1. The number of rotatable bonds is 5. The summed E-state index contributed by atoms with van der Waals surface area (Å²) in [6, 6.07) is 0. The second-order valence-electron chi connectivity index (χ2n) is 7.30. The van der Waals surface area contributed by atoms with Gasteiger partial charge < -0.3 is 15.0 Å². The Labute approximate surface area is 174 Å². The highest BCUT2D eigenvalue weighted by molar-refractivity contribution is 7.90. The summed E-state index contributed by atoms with van der Waals surface area (Å²) in [4.78, 5) is 39.5. The molecule has 0 bridgehead atoms. The normalized spacial score (nSPS) is 19.1. The molecule has 0 atom stereocenters. The predicted molar refractivity (Wildman–Crippen MR) is 110 cm³/mol. The Morgan fingerprint density at radius 1 is 1.17 bits per heavy atom. The third-order valence-electron chi connectivity index (χ3n) is 5.09. The van der Waals surface area contributed by atoms with E-state index in [4.69, 9.17) is 4.74 Å². The minimum atomic E-state index is -3.21. The van der Waals surface area contributed by atoms with Gasteiger partial charge in [-0.05, 0) is 31.7 Å². The largest absolute Gasteiger partial charge is 0.462 e. The number of likely N-dealkylation sites (tertiary alicyclic amines) is 1. The molecule has 2 aliphatic rings. The van der Waals surface area contributed by atoms with Crippen LogP contribution in [0.4, 0.5) is 5.00 Å². The number of ether oxygens (including phenoxy) is 1. The number of hydrogen-bond acceptors (Lipinski definition) is 7. The van der Waals surface area contributed by atoms with E-state index in [9.17, 15) is 22.8 Å². The zero-order valence-electron chi connectivity index (χ0n) is 16.5. The molecule has 3 rings (SSSR count). The maximum Gasteiger partial charge on any atom is 0.341 e. The number of fused-ring (bicyclic) bond motifs is 1. The van der Waals surface area contributed by atoms with Gasteiger partial charge in [0.1, 0.15) is 5.00 Å². The maximum absolute atomic E-state index is 12.6. The van der Waals surface area contributed by atoms with E-state index in [1.807, 2.05) is 0 Å². The van der Waals surface area contributed by atoms with E-state index < -0.39 is 21.7 Å². The molecule has 1 saturated heterocycles. The van der Waals surface area contributed by atoms with Gasteiger partial charge in [0.15, 0.2) is 9.84 Å². The Morgan fingerprint density at radius 3 is 2.69 bits per heavy atom. The van der Waals surface area contributed by atoms with Crippen LogP contribution in [0.1, 0.15) is 59.8 Å². The van der Waals surface area contributed by atoms with E-state index in [0.29, 0.717) is 28.4 Å². The van der Waals surface area contributed by atoms with Crippen molar-refractivity contribution in [3.63, 3.8) is 0 Å². The molecule has 1 fully saturated rings. The Hall–Kier alpha value is -1.94. The fourth-order valence-electron chi connectivity index (χ4n) is 3.65. The molecule has 2 amide bonds. The van der Waals surface area contributed by atoms with Gasteiger partial charge in [-0.1, -0.05) is 12.8 Å². The van der Waals surface area contributed by atoms with E-state index in [0.717, 1.165) is 37.0 Å². The van der Waals surface area contributed by atoms with Crippen LogP contribution in [-0.4, -0.2) is 56.6 Å². The third-order valence-corrected chi connectivity index (χ3v) is 7.98. The Balaban J connectivity index is 1.80. The topological polar surface area (TPSA) is 110 Å². The van der Waals surface area contributed by atoms with E-state index in [1.165, 1.54) is 0 Å². The van der Waals surface area contributed by atoms with Crippen molar-refractivity contribution < 1.29 is 27.5 Å². The number of esters is 1. The zero-order chi connectivity index (χ0) is 21.0. The van der Waals surface area contributed by atoms with Crippen molar-refractivity contribution in [2.75, 3.05) is 30.8 Å². The van der Waals surface area contributed by atoms with Gasteiger partial charge in [0.2, 0.25) is 11.8 Å². The molecule has 0 radical (unpaired) electrons. The summed E-state index contributed by atoms with van der Waals surface area (Å²) in [7, 11) is -3.21. The van der Waals surface area contributed by atoms with Crippen LogP contribution in [0.15, 0.2) is 0 Å². The van der Waals surface area contributed by atoms with Gasteiger partial charge in [-0.25, -0.2) is 13.2 Å². The molecular formula is C19H26N2O6S2. The van der Waals surface area contributed by atoms with Crippen molar-refractivity contribution in [1.82, 2.24) is 4.90 Å². The lowest BCUT2D eigenvalue weighted by Crippen LogP contribution is -2.39. The second kappa shape index (κ2) is 9.25. The molecule has 1 aromatic heterocycles. The maximum atomic E-state index is 12.6. The van der Waals surface area contributed by atoms with Crippen LogP contribution in [0.5, 0.6) is 0 Å². The molecule has 0 saturated carbocycles. The highest BCUT2D eigenvalue weighted by atomic mass is 32.2. The first-order valence-electron chi connectivity index (χ1n) is 9.90. The molecule has 0 aromatic carbocycles. The van der Waals surface area contributed by atoms with Crippen molar-refractivity contribution in [3.8, 4) is 0 Å². The number of carbonyl (C=O) groups is 3. The first-order valence-corrected chi connectivity index (χ1v) is 12.5. The number of anilines is 1. The van der Waals surface area contributed by atoms with Crippen molar-refractivity contribution in [2.24, 2.45) is 0 Å². The lowest BCUT2D eigenvalue weighted by molar-refractivity contribution is -0.135. The summed E-state index contributed by atoms with van der Waals surface area (Å²) < 4.78 is 29.1. The predicted octanol–water partition coefficient (Wildman–Crippen LogP) is 2.13. The number of hydrogen-bond donors (Lipinski definition) is 1. The monoisotopic (exact) mass is 442 g/mol.